The molecule has 1 atom stereocenters. The van der Waals surface area contributed by atoms with Gasteiger partial charge >= 0.3 is 0 Å². The fourth-order valence-electron chi connectivity index (χ4n) is 9.93. The molecule has 1 heterocycles. The molecule has 1 unspecified atom stereocenters. The summed E-state index contributed by atoms with van der Waals surface area (Å²) in [7, 11) is 0. The van der Waals surface area contributed by atoms with Gasteiger partial charge in [-0.25, -0.2) is 0 Å². The highest BCUT2D eigenvalue weighted by atomic mass is 127. The maximum absolute atomic E-state index is 2.64. The van der Waals surface area contributed by atoms with Crippen LogP contribution in [0, 0.1) is 0 Å². The van der Waals surface area contributed by atoms with Crippen molar-refractivity contribution >= 4 is 72.2 Å². The third-order valence-electron chi connectivity index (χ3n) is 13.1. The molecule has 0 radical (unpaired) electrons. The minimum Gasteiger partial charge on any atom is -0.310 e. The molecule has 0 saturated heterocycles. The number of para-hydroxylation sites is 1. The number of anilines is 3. The zero-order chi connectivity index (χ0) is 42.1. The normalized spacial score (nSPS) is 14.3. The van der Waals surface area contributed by atoms with Gasteiger partial charge in [-0.15, -0.1) is 0 Å². The Bertz CT molecular complexity index is 3490. The topological polar surface area (TPSA) is 8.17 Å². The maximum Gasteiger partial charge on any atom is 0.0703 e. The lowest BCUT2D eigenvalue weighted by Crippen LogP contribution is -2.13. The Morgan fingerprint density at radius 2 is 0.889 bits per heavy atom. The molecule has 1 aliphatic carbocycles. The number of hydrogen-bond donors (Lipinski definition) is 0. The van der Waals surface area contributed by atoms with Gasteiger partial charge in [0.25, 0.3) is 0 Å². The molecule has 1 aliphatic rings. The standard InChI is InChI=1S/C60H41IN2/c1-60(61)55-19-11-10-18-52(55)53-35-34-50(39-56(53)60)62(48-30-24-42(25-31-48)40-12-4-2-5-13-40)49-32-26-43(27-33-49)41-20-22-44(23-21-41)46-29-36-57-54(38-46)59-51-17-9-8-14-45(51)28-37-58(59)63(57)47-15-6-3-7-16-47/h2-39H,1H3. The number of fused-ring (bicyclic) bond motifs is 8. The molecule has 10 aromatic carbocycles. The summed E-state index contributed by atoms with van der Waals surface area (Å²) < 4.78 is 2.28. The molecule has 0 bridgehead atoms. The van der Waals surface area contributed by atoms with Gasteiger partial charge in [-0.05, 0) is 140 Å². The van der Waals surface area contributed by atoms with Crippen LogP contribution >= 0.6 is 22.6 Å². The van der Waals surface area contributed by atoms with Gasteiger partial charge in [-0.2, -0.15) is 0 Å². The van der Waals surface area contributed by atoms with Crippen molar-refractivity contribution in [1.82, 2.24) is 4.57 Å². The van der Waals surface area contributed by atoms with Crippen LogP contribution in [0.1, 0.15) is 18.1 Å². The van der Waals surface area contributed by atoms with Crippen molar-refractivity contribution in [2.24, 2.45) is 0 Å². The van der Waals surface area contributed by atoms with E-state index in [4.69, 9.17) is 0 Å². The van der Waals surface area contributed by atoms with Crippen LogP contribution in [-0.2, 0) is 3.42 Å². The number of halogens is 1. The Morgan fingerprint density at radius 1 is 0.381 bits per heavy atom. The summed E-state index contributed by atoms with van der Waals surface area (Å²) in [5, 5.41) is 5.08. The molecule has 0 amide bonds. The number of rotatable bonds is 7. The van der Waals surface area contributed by atoms with E-state index in [1.807, 2.05) is 0 Å². The predicted octanol–water partition coefficient (Wildman–Crippen LogP) is 17.1. The van der Waals surface area contributed by atoms with Crippen LogP contribution in [0.25, 0.3) is 82.8 Å². The minimum absolute atomic E-state index is 0.125. The second kappa shape index (κ2) is 15.0. The fraction of sp³-hybridized carbons (Fsp3) is 0.0333. The van der Waals surface area contributed by atoms with E-state index in [0.717, 1.165) is 17.1 Å². The van der Waals surface area contributed by atoms with E-state index >= 15 is 0 Å². The molecule has 1 aromatic heterocycles. The number of benzene rings is 10. The van der Waals surface area contributed by atoms with Crippen LogP contribution in [0.2, 0.25) is 0 Å². The Hall–Kier alpha value is -7.21. The Morgan fingerprint density at radius 3 is 1.59 bits per heavy atom. The van der Waals surface area contributed by atoms with Crippen LogP contribution in [0.3, 0.4) is 0 Å². The van der Waals surface area contributed by atoms with E-state index in [2.05, 4.69) is 270 Å². The van der Waals surface area contributed by atoms with Crippen molar-refractivity contribution in [3.63, 3.8) is 0 Å². The smallest absolute Gasteiger partial charge is 0.0703 e. The quantitative estimate of drug-likeness (QED) is 0.114. The van der Waals surface area contributed by atoms with Crippen LogP contribution < -0.4 is 4.90 Å². The maximum atomic E-state index is 2.64. The third-order valence-corrected chi connectivity index (χ3v) is 14.2. The molecule has 3 heteroatoms. The van der Waals surface area contributed by atoms with Crippen LogP contribution in [0.15, 0.2) is 231 Å². The van der Waals surface area contributed by atoms with E-state index in [1.54, 1.807) is 0 Å². The highest BCUT2D eigenvalue weighted by molar-refractivity contribution is 14.1. The van der Waals surface area contributed by atoms with Crippen molar-refractivity contribution in [2.75, 3.05) is 4.90 Å². The molecule has 63 heavy (non-hydrogen) atoms. The molecule has 12 rings (SSSR count). The van der Waals surface area contributed by atoms with E-state index < -0.39 is 0 Å². The largest absolute Gasteiger partial charge is 0.310 e. The van der Waals surface area contributed by atoms with Gasteiger partial charge in [0.1, 0.15) is 0 Å². The summed E-state index contributed by atoms with van der Waals surface area (Å²) in [5.41, 5.74) is 19.5. The van der Waals surface area contributed by atoms with Gasteiger partial charge in [0.2, 0.25) is 0 Å². The first kappa shape index (κ1) is 37.5. The first-order valence-corrected chi connectivity index (χ1v) is 22.7. The summed E-state index contributed by atoms with van der Waals surface area (Å²) in [4.78, 5) is 2.39. The molecule has 0 spiro atoms. The Balaban J connectivity index is 0.900. The van der Waals surface area contributed by atoms with Gasteiger partial charge in [0.05, 0.1) is 14.5 Å². The van der Waals surface area contributed by atoms with Crippen molar-refractivity contribution in [1.29, 1.82) is 0 Å². The lowest BCUT2D eigenvalue weighted by atomic mass is 9.97. The van der Waals surface area contributed by atoms with E-state index in [-0.39, 0.29) is 3.42 Å². The number of hydrogen-bond acceptors (Lipinski definition) is 1. The highest BCUT2D eigenvalue weighted by Gasteiger charge is 2.37. The second-order valence-electron chi connectivity index (χ2n) is 16.7. The molecular weight excluding hydrogens is 876 g/mol. The van der Waals surface area contributed by atoms with Crippen LogP contribution in [-0.4, -0.2) is 4.57 Å². The molecule has 298 valence electrons. The predicted molar refractivity (Wildman–Crippen MR) is 275 cm³/mol. The first-order valence-electron chi connectivity index (χ1n) is 21.6. The Kier molecular flexibility index (Phi) is 8.94. The zero-order valence-corrected chi connectivity index (χ0v) is 36.9. The molecule has 11 aromatic rings. The summed E-state index contributed by atoms with van der Waals surface area (Å²) in [6, 6.07) is 84.4. The highest BCUT2D eigenvalue weighted by Crippen LogP contribution is 2.54. The van der Waals surface area contributed by atoms with E-state index in [1.165, 1.54) is 93.9 Å². The van der Waals surface area contributed by atoms with Gasteiger partial charge < -0.3 is 9.47 Å². The summed E-state index contributed by atoms with van der Waals surface area (Å²) in [5.74, 6) is 0. The van der Waals surface area contributed by atoms with Crippen molar-refractivity contribution in [3.05, 3.63) is 242 Å². The summed E-state index contributed by atoms with van der Waals surface area (Å²) in [6.45, 7) is 2.34. The average molecular weight is 917 g/mol. The number of aromatic nitrogens is 1. The van der Waals surface area contributed by atoms with Gasteiger partial charge in [-0.3, -0.25) is 0 Å². The summed E-state index contributed by atoms with van der Waals surface area (Å²) >= 11 is 2.64. The molecule has 0 aliphatic heterocycles. The van der Waals surface area contributed by atoms with Gasteiger partial charge in [0.15, 0.2) is 0 Å². The molecule has 2 nitrogen and oxygen atoms in total. The monoisotopic (exact) mass is 916 g/mol. The van der Waals surface area contributed by atoms with Crippen molar-refractivity contribution < 1.29 is 0 Å². The SMILES string of the molecule is CC1(I)c2ccccc2-c2ccc(N(c3ccc(-c4ccccc4)cc3)c3ccc(-c4ccc(-c5ccc6c(c5)c5c7ccccc7ccc5n6-c5ccccc5)cc4)cc3)cc21. The van der Waals surface area contributed by atoms with E-state index in [0.29, 0.717) is 0 Å². The molecule has 0 N–H and O–H groups in total. The van der Waals surface area contributed by atoms with Gasteiger partial charge in [-0.1, -0.05) is 186 Å². The van der Waals surface area contributed by atoms with E-state index in [9.17, 15) is 0 Å². The lowest BCUT2D eigenvalue weighted by molar-refractivity contribution is 0.915. The minimum atomic E-state index is -0.125. The number of alkyl halides is 1. The zero-order valence-electron chi connectivity index (χ0n) is 34.7. The molecule has 0 fully saturated rings. The first-order chi connectivity index (χ1) is 31.0. The van der Waals surface area contributed by atoms with Crippen molar-refractivity contribution in [3.8, 4) is 50.2 Å². The second-order valence-corrected chi connectivity index (χ2v) is 18.9. The summed E-state index contributed by atoms with van der Waals surface area (Å²) in [6.07, 6.45) is 0. The Labute approximate surface area is 381 Å². The lowest BCUT2D eigenvalue weighted by Gasteiger charge is -2.28. The number of nitrogens with zero attached hydrogens (tertiary/aromatic N) is 2. The van der Waals surface area contributed by atoms with Crippen molar-refractivity contribution in [2.45, 2.75) is 10.3 Å². The molecular formula is C60H41IN2. The van der Waals surface area contributed by atoms with Crippen LogP contribution in [0.4, 0.5) is 17.1 Å². The third kappa shape index (κ3) is 6.29. The fourth-order valence-corrected chi connectivity index (χ4v) is 10.8. The molecule has 0 saturated carbocycles. The van der Waals surface area contributed by atoms with Crippen LogP contribution in [0.5, 0.6) is 0 Å². The average Bonchev–Trinajstić information content (AvgIpc) is 3.80. The van der Waals surface area contributed by atoms with Gasteiger partial charge in [0, 0.05) is 33.5 Å².